The van der Waals surface area contributed by atoms with Gasteiger partial charge in [-0.3, -0.25) is 9.97 Å². The Morgan fingerprint density at radius 1 is 1.07 bits per heavy atom. The van der Waals surface area contributed by atoms with E-state index in [0.717, 1.165) is 5.69 Å². The van der Waals surface area contributed by atoms with E-state index < -0.39 is 5.82 Å². The van der Waals surface area contributed by atoms with Crippen molar-refractivity contribution in [2.45, 2.75) is 0 Å². The highest BCUT2D eigenvalue weighted by molar-refractivity contribution is 5.96. The van der Waals surface area contributed by atoms with Crippen LogP contribution in [0.2, 0.25) is 0 Å². The summed E-state index contributed by atoms with van der Waals surface area (Å²) in [7, 11) is 1.39. The summed E-state index contributed by atoms with van der Waals surface area (Å²) in [5, 5.41) is 13.3. The van der Waals surface area contributed by atoms with Crippen LogP contribution < -0.4 is 14.8 Å². The second kappa shape index (κ2) is 7.82. The van der Waals surface area contributed by atoms with E-state index in [9.17, 15) is 9.65 Å². The number of nitrogens with zero attached hydrogens (tertiary/aromatic N) is 3. The van der Waals surface area contributed by atoms with Crippen LogP contribution in [-0.2, 0) is 0 Å². The molecule has 0 radical (unpaired) electrons. The molecule has 1 N–H and O–H groups in total. The number of anilines is 2. The SMILES string of the molecule is COc1cc2c(Nc3ccc(Oc4cccnc4)cc3)c(C#N)cnc2cc1F. The molecule has 2 aromatic carbocycles. The van der Waals surface area contributed by atoms with Gasteiger partial charge in [-0.2, -0.15) is 5.26 Å². The number of nitrogens with one attached hydrogen (secondary N) is 1. The normalized spacial score (nSPS) is 10.4. The maximum atomic E-state index is 14.0. The van der Waals surface area contributed by atoms with Gasteiger partial charge in [-0.05, 0) is 42.5 Å². The second-order valence-electron chi connectivity index (χ2n) is 6.10. The zero-order valence-electron chi connectivity index (χ0n) is 15.4. The summed E-state index contributed by atoms with van der Waals surface area (Å²) < 4.78 is 24.8. The third-order valence-corrected chi connectivity index (χ3v) is 4.26. The van der Waals surface area contributed by atoms with Gasteiger partial charge < -0.3 is 14.8 Å². The Balaban J connectivity index is 1.67. The van der Waals surface area contributed by atoms with Crippen LogP contribution in [0, 0.1) is 17.1 Å². The first-order chi connectivity index (χ1) is 14.2. The van der Waals surface area contributed by atoms with Gasteiger partial charge in [0.25, 0.3) is 0 Å². The molecule has 142 valence electrons. The molecule has 0 aliphatic rings. The number of fused-ring (bicyclic) bond motifs is 1. The van der Waals surface area contributed by atoms with Crippen molar-refractivity contribution < 1.29 is 13.9 Å². The number of halogens is 1. The first kappa shape index (κ1) is 18.2. The number of hydrogen-bond acceptors (Lipinski definition) is 6. The molecule has 6 nitrogen and oxygen atoms in total. The summed E-state index contributed by atoms with van der Waals surface area (Å²) in [6, 6.07) is 15.8. The topological polar surface area (TPSA) is 80.1 Å². The maximum Gasteiger partial charge on any atom is 0.167 e. The van der Waals surface area contributed by atoms with Crippen LogP contribution in [0.1, 0.15) is 5.56 Å². The molecule has 0 amide bonds. The summed E-state index contributed by atoms with van der Waals surface area (Å²) in [6.07, 6.45) is 4.71. The Labute approximate surface area is 166 Å². The first-order valence-electron chi connectivity index (χ1n) is 8.69. The minimum absolute atomic E-state index is 0.0812. The third kappa shape index (κ3) is 3.77. The van der Waals surface area contributed by atoms with Crippen LogP contribution in [0.4, 0.5) is 15.8 Å². The largest absolute Gasteiger partial charge is 0.494 e. The Morgan fingerprint density at radius 3 is 2.59 bits per heavy atom. The average molecular weight is 386 g/mol. The van der Waals surface area contributed by atoms with Gasteiger partial charge in [-0.15, -0.1) is 0 Å². The summed E-state index contributed by atoms with van der Waals surface area (Å²) in [6.45, 7) is 0. The number of hydrogen-bond donors (Lipinski definition) is 1. The lowest BCUT2D eigenvalue weighted by Gasteiger charge is -2.13. The fourth-order valence-electron chi connectivity index (χ4n) is 2.86. The van der Waals surface area contributed by atoms with Crippen LogP contribution in [0.3, 0.4) is 0 Å². The van der Waals surface area contributed by atoms with E-state index in [4.69, 9.17) is 9.47 Å². The molecule has 4 rings (SSSR count). The highest BCUT2D eigenvalue weighted by Gasteiger charge is 2.13. The van der Waals surface area contributed by atoms with Crippen molar-refractivity contribution in [1.29, 1.82) is 5.26 Å². The molecular formula is C22H15FN4O2. The Bertz CT molecular complexity index is 1210. The highest BCUT2D eigenvalue weighted by Crippen LogP contribution is 2.33. The maximum absolute atomic E-state index is 14.0. The quantitative estimate of drug-likeness (QED) is 0.509. The van der Waals surface area contributed by atoms with Crippen molar-refractivity contribution >= 4 is 22.3 Å². The lowest BCUT2D eigenvalue weighted by molar-refractivity contribution is 0.387. The summed E-state index contributed by atoms with van der Waals surface area (Å²) in [5.74, 6) is 0.847. The van der Waals surface area contributed by atoms with Gasteiger partial charge >= 0.3 is 0 Å². The molecule has 4 aromatic rings. The number of pyridine rings is 2. The lowest BCUT2D eigenvalue weighted by atomic mass is 10.1. The Kier molecular flexibility index (Phi) is 4.91. The second-order valence-corrected chi connectivity index (χ2v) is 6.10. The number of nitriles is 1. The van der Waals surface area contributed by atoms with Crippen molar-refractivity contribution in [3.05, 3.63) is 78.5 Å². The number of rotatable bonds is 5. The van der Waals surface area contributed by atoms with Gasteiger partial charge in [0.05, 0.1) is 30.1 Å². The van der Waals surface area contributed by atoms with Crippen LogP contribution in [0.25, 0.3) is 10.9 Å². The summed E-state index contributed by atoms with van der Waals surface area (Å²) in [4.78, 5) is 8.18. The number of benzene rings is 2. The van der Waals surface area contributed by atoms with Crippen LogP contribution in [-0.4, -0.2) is 17.1 Å². The van der Waals surface area contributed by atoms with Gasteiger partial charge in [0.1, 0.15) is 17.6 Å². The standard InChI is InChI=1S/C22H15FN4O2/c1-28-21-9-18-20(10-19(21)23)26-12-14(11-24)22(18)27-15-4-6-16(7-5-15)29-17-3-2-8-25-13-17/h2-10,12-13H,1H3,(H,26,27). The van der Waals surface area contributed by atoms with Gasteiger partial charge in [0, 0.05) is 29.5 Å². The molecule has 0 fully saturated rings. The van der Waals surface area contributed by atoms with E-state index in [0.29, 0.717) is 33.7 Å². The van der Waals surface area contributed by atoms with Crippen molar-refractivity contribution in [3.63, 3.8) is 0 Å². The number of ether oxygens (including phenoxy) is 2. The molecule has 0 aliphatic heterocycles. The van der Waals surface area contributed by atoms with Gasteiger partial charge in [-0.25, -0.2) is 4.39 Å². The predicted octanol–water partition coefficient (Wildman–Crippen LogP) is 5.19. The van der Waals surface area contributed by atoms with Crippen molar-refractivity contribution in [1.82, 2.24) is 9.97 Å². The van der Waals surface area contributed by atoms with Crippen molar-refractivity contribution in [2.75, 3.05) is 12.4 Å². The van der Waals surface area contributed by atoms with E-state index in [2.05, 4.69) is 21.4 Å². The minimum atomic E-state index is -0.514. The number of aromatic nitrogens is 2. The predicted molar refractivity (Wildman–Crippen MR) is 107 cm³/mol. The van der Waals surface area contributed by atoms with E-state index in [-0.39, 0.29) is 5.75 Å². The molecular weight excluding hydrogens is 371 g/mol. The Hall–Kier alpha value is -4.18. The smallest absolute Gasteiger partial charge is 0.167 e. The molecule has 0 unspecified atom stereocenters. The average Bonchev–Trinajstić information content (AvgIpc) is 2.75. The summed E-state index contributed by atoms with van der Waals surface area (Å²) in [5.41, 5.74) is 2.01. The van der Waals surface area contributed by atoms with E-state index in [1.165, 1.54) is 25.4 Å². The molecule has 0 bridgehead atoms. The lowest BCUT2D eigenvalue weighted by Crippen LogP contribution is -1.98. The van der Waals surface area contributed by atoms with Gasteiger partial charge in [-0.1, -0.05) is 0 Å². The minimum Gasteiger partial charge on any atom is -0.494 e. The van der Waals surface area contributed by atoms with E-state index in [1.54, 1.807) is 30.6 Å². The van der Waals surface area contributed by atoms with Gasteiger partial charge in [0.15, 0.2) is 11.6 Å². The molecule has 2 heterocycles. The van der Waals surface area contributed by atoms with E-state index >= 15 is 0 Å². The molecule has 29 heavy (non-hydrogen) atoms. The molecule has 7 heteroatoms. The molecule has 0 saturated heterocycles. The van der Waals surface area contributed by atoms with Crippen molar-refractivity contribution in [3.8, 4) is 23.3 Å². The molecule has 2 aromatic heterocycles. The summed E-state index contributed by atoms with van der Waals surface area (Å²) >= 11 is 0. The number of methoxy groups -OCH3 is 1. The van der Waals surface area contributed by atoms with E-state index in [1.807, 2.05) is 18.2 Å². The third-order valence-electron chi connectivity index (χ3n) is 4.26. The molecule has 0 aliphatic carbocycles. The molecule has 0 saturated carbocycles. The van der Waals surface area contributed by atoms with Crippen LogP contribution in [0.5, 0.6) is 17.2 Å². The van der Waals surface area contributed by atoms with Crippen LogP contribution in [0.15, 0.2) is 67.1 Å². The highest BCUT2D eigenvalue weighted by atomic mass is 19.1. The monoisotopic (exact) mass is 386 g/mol. The fourth-order valence-corrected chi connectivity index (χ4v) is 2.86. The first-order valence-corrected chi connectivity index (χ1v) is 8.69. The molecule has 0 atom stereocenters. The molecule has 0 spiro atoms. The fraction of sp³-hybridized carbons (Fsp3) is 0.0455. The Morgan fingerprint density at radius 2 is 1.90 bits per heavy atom. The van der Waals surface area contributed by atoms with Crippen molar-refractivity contribution in [2.24, 2.45) is 0 Å². The zero-order valence-corrected chi connectivity index (χ0v) is 15.4. The van der Waals surface area contributed by atoms with Crippen LogP contribution >= 0.6 is 0 Å². The zero-order chi connectivity index (χ0) is 20.2. The van der Waals surface area contributed by atoms with Gasteiger partial charge in [0.2, 0.25) is 0 Å².